The summed E-state index contributed by atoms with van der Waals surface area (Å²) >= 11 is 0. The van der Waals surface area contributed by atoms with Gasteiger partial charge >= 0.3 is 0 Å². The topological polar surface area (TPSA) is 183 Å². The maximum Gasteiger partial charge on any atom is 0.248 e. The Morgan fingerprint density at radius 2 is 2.00 bits per heavy atom. The molecule has 168 valence electrons. The second kappa shape index (κ2) is 9.43. The number of nitriles is 1. The summed E-state index contributed by atoms with van der Waals surface area (Å²) in [5.41, 5.74) is 9.25. The normalized spacial score (nSPS) is 28.5. The van der Waals surface area contributed by atoms with Crippen LogP contribution in [0.2, 0.25) is 0 Å². The first-order valence-corrected chi connectivity index (χ1v) is 9.94. The molecule has 5 atom stereocenters. The van der Waals surface area contributed by atoms with Gasteiger partial charge in [0.15, 0.2) is 0 Å². The van der Waals surface area contributed by atoms with E-state index in [1.165, 1.54) is 11.8 Å². The zero-order chi connectivity index (χ0) is 23.4. The van der Waals surface area contributed by atoms with Crippen LogP contribution in [0.1, 0.15) is 38.3 Å². The molecule has 2 saturated heterocycles. The highest BCUT2D eigenvalue weighted by Gasteiger charge is 2.67. The van der Waals surface area contributed by atoms with E-state index in [1.54, 1.807) is 6.92 Å². The molecule has 3 rings (SSSR count). The first-order valence-electron chi connectivity index (χ1n) is 9.94. The number of nitrogens with one attached hydrogen (secondary N) is 1. The summed E-state index contributed by atoms with van der Waals surface area (Å²) in [6, 6.07) is 9.73. The molecule has 0 radical (unpaired) electrons. The first kappa shape index (κ1) is 24.3. The summed E-state index contributed by atoms with van der Waals surface area (Å²) in [5, 5.41) is 30.2. The van der Waals surface area contributed by atoms with Crippen molar-refractivity contribution in [1.82, 2.24) is 10.2 Å². The molecule has 31 heavy (non-hydrogen) atoms. The molecule has 10 nitrogen and oxygen atoms in total. The number of aliphatic hydroxyl groups excluding tert-OH is 2. The minimum absolute atomic E-state index is 0.0694. The maximum atomic E-state index is 13.1. The lowest BCUT2D eigenvalue weighted by Gasteiger charge is -2.47. The number of rotatable bonds is 5. The quantitative estimate of drug-likeness (QED) is 0.367. The number of likely N-dealkylation sites (tertiary alicyclic amines) is 1. The number of carbonyl (C=O) groups excluding carboxylic acids is 3. The van der Waals surface area contributed by atoms with E-state index in [0.717, 1.165) is 5.56 Å². The lowest BCUT2D eigenvalue weighted by atomic mass is 9.75. The Labute approximate surface area is 180 Å². The molecule has 10 heteroatoms. The van der Waals surface area contributed by atoms with Crippen LogP contribution in [-0.4, -0.2) is 63.7 Å². The van der Waals surface area contributed by atoms with Gasteiger partial charge in [0, 0.05) is 12.8 Å². The van der Waals surface area contributed by atoms with Crippen molar-refractivity contribution >= 4 is 17.7 Å². The van der Waals surface area contributed by atoms with E-state index in [-0.39, 0.29) is 31.9 Å². The molecule has 5 unspecified atom stereocenters. The number of nitrogens with two attached hydrogens (primary N) is 2. The summed E-state index contributed by atoms with van der Waals surface area (Å²) in [5.74, 6) is -1.26. The minimum atomic E-state index is -1.16. The largest absolute Gasteiger partial charge is 0.396 e. The van der Waals surface area contributed by atoms with E-state index < -0.39 is 41.0 Å². The molecule has 1 aromatic rings. The van der Waals surface area contributed by atoms with Crippen molar-refractivity contribution in [2.24, 2.45) is 16.9 Å². The highest BCUT2D eigenvalue weighted by Crippen LogP contribution is 2.56. The summed E-state index contributed by atoms with van der Waals surface area (Å²) in [7, 11) is 0. The Hall–Kier alpha value is -3.00. The summed E-state index contributed by atoms with van der Waals surface area (Å²) in [6.07, 6.45) is -0.752. The number of aliphatic hydroxyl groups is 2. The second-order valence-corrected chi connectivity index (χ2v) is 8.15. The number of β-lactam (4-membered cyclic amide) rings is 1. The molecule has 7 N–H and O–H groups in total. The van der Waals surface area contributed by atoms with E-state index in [2.05, 4.69) is 17.1 Å². The highest BCUT2D eigenvalue weighted by molar-refractivity contribution is 5.99. The van der Waals surface area contributed by atoms with Gasteiger partial charge in [-0.3, -0.25) is 14.4 Å². The van der Waals surface area contributed by atoms with E-state index in [1.807, 2.05) is 30.3 Å². The molecule has 2 aliphatic heterocycles. The average Bonchev–Trinajstić information content (AvgIpc) is 3.04. The summed E-state index contributed by atoms with van der Waals surface area (Å²) < 4.78 is 0. The van der Waals surface area contributed by atoms with Crippen LogP contribution in [0.5, 0.6) is 0 Å². The van der Waals surface area contributed by atoms with Gasteiger partial charge in [-0.2, -0.15) is 5.26 Å². The Kier molecular flexibility index (Phi) is 7.38. The van der Waals surface area contributed by atoms with Crippen molar-refractivity contribution < 1.29 is 24.6 Å². The van der Waals surface area contributed by atoms with Crippen LogP contribution in [-0.2, 0) is 14.4 Å². The fourth-order valence-electron chi connectivity index (χ4n) is 4.09. The third-order valence-electron chi connectivity index (χ3n) is 5.72. The second-order valence-electron chi connectivity index (χ2n) is 8.15. The van der Waals surface area contributed by atoms with Gasteiger partial charge in [-0.15, -0.1) is 0 Å². The van der Waals surface area contributed by atoms with Gasteiger partial charge in [0.05, 0.1) is 36.8 Å². The van der Waals surface area contributed by atoms with Crippen LogP contribution in [0.3, 0.4) is 0 Å². The number of hydrogen-bond acceptors (Lipinski definition) is 7. The van der Waals surface area contributed by atoms with Crippen LogP contribution in [0.25, 0.3) is 0 Å². The Morgan fingerprint density at radius 3 is 2.35 bits per heavy atom. The molecule has 1 aromatic carbocycles. The minimum Gasteiger partial charge on any atom is -0.396 e. The number of nitrogens with zero attached hydrogens (tertiary/aromatic N) is 2. The van der Waals surface area contributed by atoms with E-state index >= 15 is 0 Å². The molecule has 0 bridgehead atoms. The summed E-state index contributed by atoms with van der Waals surface area (Å²) in [4.78, 5) is 36.6. The van der Waals surface area contributed by atoms with Gasteiger partial charge in [-0.25, -0.2) is 0 Å². The lowest BCUT2D eigenvalue weighted by Crippen LogP contribution is -2.73. The van der Waals surface area contributed by atoms with E-state index in [4.69, 9.17) is 10.8 Å². The predicted octanol–water partition coefficient (Wildman–Crippen LogP) is -1.08. The first-order chi connectivity index (χ1) is 14.5. The molecule has 3 amide bonds. The van der Waals surface area contributed by atoms with Crippen LogP contribution in [0.4, 0.5) is 0 Å². The van der Waals surface area contributed by atoms with Crippen molar-refractivity contribution in [2.75, 3.05) is 13.2 Å². The van der Waals surface area contributed by atoms with Crippen LogP contribution >= 0.6 is 0 Å². The molecule has 1 spiro atoms. The molecule has 2 aliphatic rings. The Balaban J connectivity index is 0.000000501. The fourth-order valence-corrected chi connectivity index (χ4v) is 4.09. The molecule has 2 heterocycles. The fraction of sp³-hybridized carbons (Fsp3) is 0.524. The highest BCUT2D eigenvalue weighted by atomic mass is 16.3. The van der Waals surface area contributed by atoms with Gasteiger partial charge in [-0.05, 0) is 19.4 Å². The number of hydrogen-bond donors (Lipinski definition) is 5. The molecular formula is C21H29N5O5. The number of primary amides is 1. The number of benzene rings is 1. The van der Waals surface area contributed by atoms with E-state index in [0.29, 0.717) is 0 Å². The van der Waals surface area contributed by atoms with Crippen LogP contribution < -0.4 is 16.8 Å². The molecule has 0 aliphatic carbocycles. The van der Waals surface area contributed by atoms with Gasteiger partial charge in [-0.1, -0.05) is 30.3 Å². The van der Waals surface area contributed by atoms with Gasteiger partial charge in [0.2, 0.25) is 17.7 Å². The third-order valence-corrected chi connectivity index (χ3v) is 5.72. The van der Waals surface area contributed by atoms with Gasteiger partial charge in [0.1, 0.15) is 11.6 Å². The van der Waals surface area contributed by atoms with Crippen molar-refractivity contribution in [3.05, 3.63) is 35.9 Å². The molecule has 2 fully saturated rings. The standard InChI is InChI=1S/C18H22N4O3.C3H7NO2/c1-11(23)13(20)15(24)22-14(12-6-4-3-5-7-12)17(2,9-19)8-18(22)10-21-16(18)25;4-3(6)1-2-5/h3-7,11,13-14,23H,8,10,20H2,1-2H3,(H,21,25);5H,1-2H2,(H2,4,6). The molecule has 0 aromatic heterocycles. The van der Waals surface area contributed by atoms with Crippen molar-refractivity contribution in [3.63, 3.8) is 0 Å². The van der Waals surface area contributed by atoms with Crippen LogP contribution in [0.15, 0.2) is 30.3 Å². The van der Waals surface area contributed by atoms with Crippen molar-refractivity contribution in [3.8, 4) is 6.07 Å². The number of carbonyl (C=O) groups is 3. The van der Waals surface area contributed by atoms with Gasteiger partial charge in [0.25, 0.3) is 0 Å². The van der Waals surface area contributed by atoms with Gasteiger partial charge < -0.3 is 31.9 Å². The van der Waals surface area contributed by atoms with E-state index in [9.17, 15) is 24.8 Å². The SMILES string of the molecule is CC(O)C(N)C(=O)N1C(c2ccccc2)C(C)(C#N)CC12CNC2=O.NC(=O)CCO. The molecular weight excluding hydrogens is 402 g/mol. The lowest BCUT2D eigenvalue weighted by molar-refractivity contribution is -0.156. The zero-order valence-electron chi connectivity index (χ0n) is 17.6. The summed E-state index contributed by atoms with van der Waals surface area (Å²) in [6.45, 7) is 3.34. The Morgan fingerprint density at radius 1 is 1.39 bits per heavy atom. The smallest absolute Gasteiger partial charge is 0.248 e. The predicted molar refractivity (Wildman–Crippen MR) is 111 cm³/mol. The molecule has 0 saturated carbocycles. The van der Waals surface area contributed by atoms with Crippen LogP contribution in [0, 0.1) is 16.7 Å². The third kappa shape index (κ3) is 4.54. The average molecular weight is 431 g/mol. The maximum absolute atomic E-state index is 13.1. The Bertz CT molecular complexity index is 871. The van der Waals surface area contributed by atoms with Crippen molar-refractivity contribution in [1.29, 1.82) is 5.26 Å². The van der Waals surface area contributed by atoms with Crippen molar-refractivity contribution in [2.45, 2.75) is 50.4 Å². The zero-order valence-corrected chi connectivity index (χ0v) is 17.6. The number of amides is 3. The monoisotopic (exact) mass is 431 g/mol.